The summed E-state index contributed by atoms with van der Waals surface area (Å²) in [7, 11) is 0. The summed E-state index contributed by atoms with van der Waals surface area (Å²) in [6.07, 6.45) is 0. The monoisotopic (exact) mass is 350 g/mol. The van der Waals surface area contributed by atoms with Crippen LogP contribution in [0.3, 0.4) is 0 Å². The number of thioether (sulfide) groups is 1. The second-order valence-corrected chi connectivity index (χ2v) is 5.07. The lowest BCUT2D eigenvalue weighted by atomic mass is 10.3. The highest BCUT2D eigenvalue weighted by molar-refractivity contribution is 9.10. The number of benzene rings is 1. The number of carbonyl (C=O) groups is 1. The summed E-state index contributed by atoms with van der Waals surface area (Å²) in [4.78, 5) is 10.5. The van der Waals surface area contributed by atoms with Crippen LogP contribution in [0.1, 0.15) is 0 Å². The average molecular weight is 351 g/mol. The number of nitrogens with zero attached hydrogens (tertiary/aromatic N) is 4. The third-order valence-electron chi connectivity index (χ3n) is 1.98. The van der Waals surface area contributed by atoms with Crippen molar-refractivity contribution < 1.29 is 18.7 Å². The number of hydrogen-bond donors (Lipinski definition) is 1. The van der Waals surface area contributed by atoms with Crippen molar-refractivity contribution in [3.8, 4) is 5.69 Å². The van der Waals surface area contributed by atoms with Crippen LogP contribution in [0.15, 0.2) is 21.8 Å². The van der Waals surface area contributed by atoms with Crippen molar-refractivity contribution in [2.24, 2.45) is 0 Å². The molecule has 0 fully saturated rings. The molecule has 0 saturated heterocycles. The van der Waals surface area contributed by atoms with E-state index in [0.717, 1.165) is 16.4 Å². The van der Waals surface area contributed by atoms with Crippen molar-refractivity contribution in [2.75, 3.05) is 5.75 Å². The second kappa shape index (κ2) is 5.61. The molecular formula is C9H5BrF2N4O2S. The Bertz CT molecular complexity index is 637. The van der Waals surface area contributed by atoms with Gasteiger partial charge in [0.2, 0.25) is 5.16 Å². The van der Waals surface area contributed by atoms with E-state index in [2.05, 4.69) is 31.5 Å². The molecule has 1 N–H and O–H groups in total. The SMILES string of the molecule is O=C(O)CSc1nnnn1-c1cc(Br)c(F)cc1F. The highest BCUT2D eigenvalue weighted by Gasteiger charge is 2.16. The van der Waals surface area contributed by atoms with Gasteiger partial charge in [0.1, 0.15) is 11.5 Å². The molecule has 100 valence electrons. The highest BCUT2D eigenvalue weighted by Crippen LogP contribution is 2.25. The van der Waals surface area contributed by atoms with Crippen LogP contribution < -0.4 is 0 Å². The van der Waals surface area contributed by atoms with Gasteiger partial charge in [-0.25, -0.2) is 8.78 Å². The number of rotatable bonds is 4. The Kier molecular flexibility index (Phi) is 4.10. The summed E-state index contributed by atoms with van der Waals surface area (Å²) >= 11 is 3.76. The number of aliphatic carboxylic acids is 1. The third-order valence-corrected chi connectivity index (χ3v) is 3.50. The smallest absolute Gasteiger partial charge is 0.313 e. The van der Waals surface area contributed by atoms with E-state index in [0.29, 0.717) is 6.07 Å². The van der Waals surface area contributed by atoms with Gasteiger partial charge in [0.25, 0.3) is 0 Å². The molecule has 0 unspecified atom stereocenters. The minimum atomic E-state index is -1.06. The second-order valence-electron chi connectivity index (χ2n) is 3.27. The van der Waals surface area contributed by atoms with Gasteiger partial charge in [0.15, 0.2) is 5.82 Å². The molecular weight excluding hydrogens is 346 g/mol. The summed E-state index contributed by atoms with van der Waals surface area (Å²) in [5.74, 6) is -2.94. The van der Waals surface area contributed by atoms with Crippen LogP contribution in [0.25, 0.3) is 5.69 Å². The molecule has 1 aromatic heterocycles. The largest absolute Gasteiger partial charge is 0.481 e. The minimum absolute atomic E-state index is 0.0496. The number of hydrogen-bond acceptors (Lipinski definition) is 5. The molecule has 0 aliphatic carbocycles. The first-order valence-electron chi connectivity index (χ1n) is 4.77. The number of carboxylic acid groups (broad SMARTS) is 1. The summed E-state index contributed by atoms with van der Waals surface area (Å²) in [6.45, 7) is 0. The fourth-order valence-corrected chi connectivity index (χ4v) is 2.16. The number of tetrazole rings is 1. The lowest BCUT2D eigenvalue weighted by Crippen LogP contribution is -2.05. The van der Waals surface area contributed by atoms with E-state index >= 15 is 0 Å². The molecule has 1 aromatic carbocycles. The van der Waals surface area contributed by atoms with Crippen LogP contribution >= 0.6 is 27.7 Å². The molecule has 10 heteroatoms. The molecule has 0 spiro atoms. The fourth-order valence-electron chi connectivity index (χ4n) is 1.22. The van der Waals surface area contributed by atoms with Gasteiger partial charge >= 0.3 is 5.97 Å². The molecule has 1 heterocycles. The highest BCUT2D eigenvalue weighted by atomic mass is 79.9. The normalized spacial score (nSPS) is 10.7. The topological polar surface area (TPSA) is 80.9 Å². The predicted octanol–water partition coefficient (Wildman–Crippen LogP) is 1.88. The Morgan fingerprint density at radius 2 is 2.16 bits per heavy atom. The zero-order chi connectivity index (χ0) is 14.0. The first-order valence-corrected chi connectivity index (χ1v) is 6.55. The van der Waals surface area contributed by atoms with Crippen molar-refractivity contribution in [1.29, 1.82) is 0 Å². The molecule has 0 radical (unpaired) electrons. The molecule has 6 nitrogen and oxygen atoms in total. The molecule has 0 atom stereocenters. The number of carboxylic acids is 1. The Balaban J connectivity index is 2.40. The quantitative estimate of drug-likeness (QED) is 0.669. The van der Waals surface area contributed by atoms with Crippen molar-refractivity contribution >= 4 is 33.7 Å². The van der Waals surface area contributed by atoms with Crippen LogP contribution in [0.4, 0.5) is 8.78 Å². The number of halogens is 3. The lowest BCUT2D eigenvalue weighted by molar-refractivity contribution is -0.133. The van der Waals surface area contributed by atoms with Gasteiger partial charge in [0.05, 0.1) is 10.2 Å². The van der Waals surface area contributed by atoms with Gasteiger partial charge in [-0.3, -0.25) is 4.79 Å². The van der Waals surface area contributed by atoms with Crippen LogP contribution in [-0.4, -0.2) is 37.0 Å². The van der Waals surface area contributed by atoms with Crippen LogP contribution in [-0.2, 0) is 4.79 Å². The summed E-state index contributed by atoms with van der Waals surface area (Å²) in [5.41, 5.74) is -0.0776. The van der Waals surface area contributed by atoms with Crippen molar-refractivity contribution in [3.63, 3.8) is 0 Å². The summed E-state index contributed by atoms with van der Waals surface area (Å²) in [5, 5.41) is 19.2. The Morgan fingerprint density at radius 3 is 2.84 bits per heavy atom. The molecule has 0 aliphatic rings. The maximum absolute atomic E-state index is 13.7. The van der Waals surface area contributed by atoms with E-state index in [4.69, 9.17) is 5.11 Å². The Labute approximate surface area is 117 Å². The van der Waals surface area contributed by atoms with Crippen molar-refractivity contribution in [1.82, 2.24) is 20.2 Å². The lowest BCUT2D eigenvalue weighted by Gasteiger charge is -2.06. The fraction of sp³-hybridized carbons (Fsp3) is 0.111. The third kappa shape index (κ3) is 3.07. The first kappa shape index (κ1) is 13.9. The molecule has 0 amide bonds. The molecule has 0 bridgehead atoms. The van der Waals surface area contributed by atoms with Gasteiger partial charge < -0.3 is 5.11 Å². The van der Waals surface area contributed by atoms with Crippen molar-refractivity contribution in [2.45, 2.75) is 5.16 Å². The maximum atomic E-state index is 13.7. The van der Waals surface area contributed by atoms with Crippen molar-refractivity contribution in [3.05, 3.63) is 28.2 Å². The average Bonchev–Trinajstić information content (AvgIpc) is 2.79. The van der Waals surface area contributed by atoms with Gasteiger partial charge in [-0.1, -0.05) is 11.8 Å². The number of aromatic nitrogens is 4. The van der Waals surface area contributed by atoms with Crippen LogP contribution in [0, 0.1) is 11.6 Å². The zero-order valence-corrected chi connectivity index (χ0v) is 11.5. The molecule has 19 heavy (non-hydrogen) atoms. The summed E-state index contributed by atoms with van der Waals surface area (Å²) < 4.78 is 27.9. The minimum Gasteiger partial charge on any atom is -0.481 e. The Hall–Kier alpha value is -1.55. The van der Waals surface area contributed by atoms with Gasteiger partial charge in [-0.2, -0.15) is 4.68 Å². The zero-order valence-electron chi connectivity index (χ0n) is 9.05. The van der Waals surface area contributed by atoms with Crippen LogP contribution in [0.2, 0.25) is 0 Å². The van der Waals surface area contributed by atoms with Gasteiger partial charge in [0, 0.05) is 6.07 Å². The standard InChI is InChI=1S/C9H5BrF2N4O2S/c10-4-1-7(6(12)2-5(4)11)16-9(13-14-15-16)19-3-8(17)18/h1-2H,3H2,(H,17,18). The van der Waals surface area contributed by atoms with Gasteiger partial charge in [-0.05, 0) is 32.4 Å². The van der Waals surface area contributed by atoms with E-state index in [9.17, 15) is 13.6 Å². The molecule has 0 aliphatic heterocycles. The van der Waals surface area contributed by atoms with E-state index in [1.165, 1.54) is 6.07 Å². The van der Waals surface area contributed by atoms with Gasteiger partial charge in [-0.15, -0.1) is 5.10 Å². The van der Waals surface area contributed by atoms with E-state index in [1.807, 2.05) is 0 Å². The maximum Gasteiger partial charge on any atom is 0.313 e. The molecule has 0 saturated carbocycles. The molecule has 2 aromatic rings. The van der Waals surface area contributed by atoms with E-state index in [1.54, 1.807) is 0 Å². The Morgan fingerprint density at radius 1 is 1.42 bits per heavy atom. The first-order chi connectivity index (χ1) is 8.99. The van der Waals surface area contributed by atoms with Crippen LogP contribution in [0.5, 0.6) is 0 Å². The van der Waals surface area contributed by atoms with E-state index < -0.39 is 17.6 Å². The van der Waals surface area contributed by atoms with E-state index in [-0.39, 0.29) is 21.1 Å². The molecule has 2 rings (SSSR count). The summed E-state index contributed by atoms with van der Waals surface area (Å²) in [6, 6.07) is 1.86. The predicted molar refractivity (Wildman–Crippen MR) is 65.1 cm³/mol.